The lowest BCUT2D eigenvalue weighted by Crippen LogP contribution is -2.37. The summed E-state index contributed by atoms with van der Waals surface area (Å²) in [5.74, 6) is -0.420. The predicted octanol–water partition coefficient (Wildman–Crippen LogP) is 2.66. The summed E-state index contributed by atoms with van der Waals surface area (Å²) in [4.78, 5) is 26.4. The third kappa shape index (κ3) is 2.92. The minimum absolute atomic E-state index is 0.0696. The smallest absolute Gasteiger partial charge is 0.260 e. The molecule has 0 aliphatic carbocycles. The van der Waals surface area contributed by atoms with E-state index in [1.54, 1.807) is 24.3 Å². The number of benzene rings is 3. The van der Waals surface area contributed by atoms with Crippen LogP contribution in [0.15, 0.2) is 59.7 Å². The summed E-state index contributed by atoms with van der Waals surface area (Å²) in [7, 11) is 1.45. The number of anilines is 1. The Labute approximate surface area is 160 Å². The van der Waals surface area contributed by atoms with E-state index in [-0.39, 0.29) is 18.2 Å². The molecule has 7 heteroatoms. The van der Waals surface area contributed by atoms with Crippen molar-refractivity contribution in [3.8, 4) is 11.5 Å². The van der Waals surface area contributed by atoms with E-state index in [4.69, 9.17) is 4.74 Å². The van der Waals surface area contributed by atoms with Crippen molar-refractivity contribution in [2.45, 2.75) is 0 Å². The topological polar surface area (TPSA) is 91.2 Å². The van der Waals surface area contributed by atoms with Gasteiger partial charge >= 0.3 is 0 Å². The number of phenolic OH excluding ortho intramolecular Hbond substituents is 1. The SMILES string of the molecule is COc1cccc(/C=N/NC(=O)CN2C(=O)c3cccc4cccc2c34)c1O. The Bertz CT molecular complexity index is 1120. The molecule has 0 atom stereocenters. The van der Waals surface area contributed by atoms with Crippen LogP contribution in [0.2, 0.25) is 0 Å². The number of carbonyl (C=O) groups is 2. The highest BCUT2D eigenvalue weighted by molar-refractivity contribution is 6.26. The third-order valence-electron chi connectivity index (χ3n) is 4.59. The Kier molecular flexibility index (Phi) is 4.41. The number of hydrogen-bond acceptors (Lipinski definition) is 5. The number of nitrogens with one attached hydrogen (secondary N) is 1. The van der Waals surface area contributed by atoms with Crippen molar-refractivity contribution in [1.29, 1.82) is 0 Å². The molecule has 0 fully saturated rings. The Hall–Kier alpha value is -3.87. The van der Waals surface area contributed by atoms with E-state index in [1.165, 1.54) is 18.2 Å². The molecule has 0 unspecified atom stereocenters. The van der Waals surface area contributed by atoms with E-state index in [0.29, 0.717) is 22.6 Å². The van der Waals surface area contributed by atoms with E-state index in [9.17, 15) is 14.7 Å². The molecule has 2 amide bonds. The lowest BCUT2D eigenvalue weighted by molar-refractivity contribution is -0.119. The van der Waals surface area contributed by atoms with Crippen LogP contribution in [0.4, 0.5) is 5.69 Å². The molecule has 0 spiro atoms. The fraction of sp³-hybridized carbons (Fsp3) is 0.0952. The van der Waals surface area contributed by atoms with Crippen LogP contribution in [0.5, 0.6) is 11.5 Å². The molecule has 28 heavy (non-hydrogen) atoms. The summed E-state index contributed by atoms with van der Waals surface area (Å²) >= 11 is 0. The van der Waals surface area contributed by atoms with Crippen molar-refractivity contribution >= 4 is 34.5 Å². The minimum Gasteiger partial charge on any atom is -0.504 e. The molecule has 0 saturated carbocycles. The second-order valence-electron chi connectivity index (χ2n) is 6.26. The highest BCUT2D eigenvalue weighted by atomic mass is 16.5. The Balaban J connectivity index is 1.48. The van der Waals surface area contributed by atoms with Crippen LogP contribution in [-0.2, 0) is 4.79 Å². The largest absolute Gasteiger partial charge is 0.504 e. The maximum absolute atomic E-state index is 12.7. The van der Waals surface area contributed by atoms with Crippen LogP contribution in [-0.4, -0.2) is 36.8 Å². The summed E-state index contributed by atoms with van der Waals surface area (Å²) in [6.07, 6.45) is 1.32. The molecule has 7 nitrogen and oxygen atoms in total. The summed E-state index contributed by atoms with van der Waals surface area (Å²) in [6.45, 7) is -0.159. The minimum atomic E-state index is -0.447. The molecule has 1 aliphatic rings. The molecule has 2 N–H and O–H groups in total. The van der Waals surface area contributed by atoms with Gasteiger partial charge in [0.2, 0.25) is 0 Å². The molecule has 1 aliphatic heterocycles. The van der Waals surface area contributed by atoms with Crippen molar-refractivity contribution in [3.05, 3.63) is 65.7 Å². The molecule has 0 aromatic heterocycles. The van der Waals surface area contributed by atoms with Crippen molar-refractivity contribution in [2.75, 3.05) is 18.6 Å². The van der Waals surface area contributed by atoms with Gasteiger partial charge in [0.05, 0.1) is 19.0 Å². The predicted molar refractivity (Wildman–Crippen MR) is 106 cm³/mol. The maximum atomic E-state index is 12.7. The van der Waals surface area contributed by atoms with Crippen molar-refractivity contribution in [2.24, 2.45) is 5.10 Å². The number of hydrazone groups is 1. The third-order valence-corrected chi connectivity index (χ3v) is 4.59. The molecule has 3 aromatic carbocycles. The molecule has 3 aromatic rings. The van der Waals surface area contributed by atoms with Gasteiger partial charge in [-0.25, -0.2) is 5.43 Å². The first-order valence-electron chi connectivity index (χ1n) is 8.61. The number of methoxy groups -OCH3 is 1. The second kappa shape index (κ2) is 7.03. The molecule has 140 valence electrons. The van der Waals surface area contributed by atoms with Gasteiger partial charge < -0.3 is 9.84 Å². The molecule has 0 bridgehead atoms. The number of para-hydroxylation sites is 1. The molecular weight excluding hydrogens is 358 g/mol. The monoisotopic (exact) mass is 375 g/mol. The lowest BCUT2D eigenvalue weighted by atomic mass is 10.1. The Morgan fingerprint density at radius 3 is 2.71 bits per heavy atom. The number of ether oxygens (including phenoxy) is 1. The van der Waals surface area contributed by atoms with Gasteiger partial charge in [-0.3, -0.25) is 14.5 Å². The molecule has 1 heterocycles. The standard InChI is InChI=1S/C21H17N3O4/c1-28-17-10-4-7-14(20(17)26)11-22-23-18(25)12-24-16-9-3-6-13-5-2-8-15(19(13)16)21(24)27/h2-11,26H,12H2,1H3,(H,23,25)/b22-11+. The van der Waals surface area contributed by atoms with Crippen LogP contribution < -0.4 is 15.1 Å². The van der Waals surface area contributed by atoms with Crippen LogP contribution >= 0.6 is 0 Å². The number of aromatic hydroxyl groups is 1. The molecular formula is C21H17N3O4. The van der Waals surface area contributed by atoms with E-state index in [1.807, 2.05) is 30.3 Å². The van der Waals surface area contributed by atoms with E-state index >= 15 is 0 Å². The molecule has 0 saturated heterocycles. The van der Waals surface area contributed by atoms with Gasteiger partial charge in [-0.2, -0.15) is 5.10 Å². The second-order valence-corrected chi connectivity index (χ2v) is 6.26. The zero-order valence-corrected chi connectivity index (χ0v) is 15.0. The summed E-state index contributed by atoms with van der Waals surface area (Å²) in [6, 6.07) is 16.1. The van der Waals surface area contributed by atoms with Gasteiger partial charge in [-0.1, -0.05) is 30.3 Å². The van der Waals surface area contributed by atoms with Gasteiger partial charge in [-0.05, 0) is 29.7 Å². The zero-order valence-electron chi connectivity index (χ0n) is 15.0. The number of rotatable bonds is 5. The van der Waals surface area contributed by atoms with Crippen LogP contribution in [0, 0.1) is 0 Å². The first-order valence-corrected chi connectivity index (χ1v) is 8.61. The maximum Gasteiger partial charge on any atom is 0.260 e. The Morgan fingerprint density at radius 2 is 1.93 bits per heavy atom. The van der Waals surface area contributed by atoms with E-state index in [0.717, 1.165) is 10.8 Å². The number of phenols is 1. The summed E-state index contributed by atoms with van der Waals surface area (Å²) < 4.78 is 5.03. The molecule has 0 radical (unpaired) electrons. The summed E-state index contributed by atoms with van der Waals surface area (Å²) in [5, 5.41) is 15.7. The van der Waals surface area contributed by atoms with Gasteiger partial charge in [0.15, 0.2) is 11.5 Å². The van der Waals surface area contributed by atoms with Crippen LogP contribution in [0.3, 0.4) is 0 Å². The number of nitrogens with zero attached hydrogens (tertiary/aromatic N) is 2. The van der Waals surface area contributed by atoms with Crippen molar-refractivity contribution in [3.63, 3.8) is 0 Å². The number of hydrogen-bond donors (Lipinski definition) is 2. The highest BCUT2D eigenvalue weighted by Gasteiger charge is 2.30. The fourth-order valence-corrected chi connectivity index (χ4v) is 3.30. The average molecular weight is 375 g/mol. The normalized spacial score (nSPS) is 12.8. The summed E-state index contributed by atoms with van der Waals surface area (Å²) in [5.41, 5.74) is 4.08. The average Bonchev–Trinajstić information content (AvgIpc) is 2.97. The Morgan fingerprint density at radius 1 is 1.18 bits per heavy atom. The highest BCUT2D eigenvalue weighted by Crippen LogP contribution is 2.36. The number of carbonyl (C=O) groups excluding carboxylic acids is 2. The fourth-order valence-electron chi connectivity index (χ4n) is 3.30. The van der Waals surface area contributed by atoms with Crippen LogP contribution in [0.25, 0.3) is 10.8 Å². The first-order chi connectivity index (χ1) is 13.6. The zero-order chi connectivity index (χ0) is 19.7. The van der Waals surface area contributed by atoms with E-state index < -0.39 is 5.91 Å². The van der Waals surface area contributed by atoms with Gasteiger partial charge in [0, 0.05) is 16.5 Å². The number of amides is 2. The van der Waals surface area contributed by atoms with Gasteiger partial charge in [-0.15, -0.1) is 0 Å². The van der Waals surface area contributed by atoms with Gasteiger partial charge in [0.1, 0.15) is 6.54 Å². The van der Waals surface area contributed by atoms with E-state index in [2.05, 4.69) is 10.5 Å². The lowest BCUT2D eigenvalue weighted by Gasteiger charge is -2.16. The van der Waals surface area contributed by atoms with Crippen molar-refractivity contribution in [1.82, 2.24) is 5.43 Å². The first kappa shape index (κ1) is 17.5. The van der Waals surface area contributed by atoms with Gasteiger partial charge in [0.25, 0.3) is 11.8 Å². The molecule has 4 rings (SSSR count). The van der Waals surface area contributed by atoms with Crippen molar-refractivity contribution < 1.29 is 19.4 Å². The quantitative estimate of drug-likeness (QED) is 0.530. The van der Waals surface area contributed by atoms with Crippen LogP contribution in [0.1, 0.15) is 15.9 Å².